The van der Waals surface area contributed by atoms with Gasteiger partial charge in [-0.05, 0) is 184 Å². The van der Waals surface area contributed by atoms with Gasteiger partial charge in [-0.2, -0.15) is 0 Å². The molecule has 132 heavy (non-hydrogen) atoms. The quantitative estimate of drug-likeness (QED) is 0.0209. The molecule has 0 saturated carbocycles. The Kier molecular flexibility index (Phi) is 34.2. The number of nitrogens with zero attached hydrogens (tertiary/aromatic N) is 7. The highest BCUT2D eigenvalue weighted by Crippen LogP contribution is 2.55. The van der Waals surface area contributed by atoms with Crippen LogP contribution in [0.3, 0.4) is 0 Å². The lowest BCUT2D eigenvalue weighted by molar-refractivity contribution is -0.124. The Morgan fingerprint density at radius 2 is 0.667 bits per heavy atom. The molecule has 22 heteroatoms. The second kappa shape index (κ2) is 45.8. The first-order valence-electron chi connectivity index (χ1n) is 49.9. The molecule has 4 atom stereocenters. The van der Waals surface area contributed by atoms with Gasteiger partial charge in [0.1, 0.15) is 4.32 Å². The standard InChI is InChI=1S/C110H135N7O6S9/c1-14-26-32-34-36-38-44-77(45-39-37-35-33-27-15-2)117-82-62-75(84-54-58-90(128-84)100-96-98(108(122)113(100)66-71(20-7)40-28-16-3)102(115(106(96)120)68-73(22-9)42-30-18-5)92-60-56-88(130-92)86-52-48-78(126-86)64-94-104(118)111(24-11)70(13)125-94)46-50-80(82)81-51-47-76(63-83(81)117)85-55-59-91(129-85)101-97-99(109(123)114(101)67-72(21-8)41-29-17-4)103(116(107(97)121)69-74(23-10)43-31-19-6)93-61-57-89(131-93)87-53-49-79(127-87)65-95-105(119)112(25-12)110(124)132-95/h46-65,71-74,77H,13-45,66-69H2,1-12H3/b94-64+,95-65+. The molecule has 0 aliphatic carbocycles. The number of aromatic nitrogens is 2. The molecule has 15 rings (SSSR count). The second-order valence-corrected chi connectivity index (χ2v) is 46.2. The maximum atomic E-state index is 16.2. The molecule has 5 aliphatic heterocycles. The summed E-state index contributed by atoms with van der Waals surface area (Å²) >= 11 is 18.3. The molecular formula is C110H135N7O6S9. The number of hydrogen-bond acceptors (Lipinski definition) is 15. The summed E-state index contributed by atoms with van der Waals surface area (Å²) in [7, 11) is 0. The van der Waals surface area contributed by atoms with Crippen LogP contribution in [0.25, 0.3) is 104 Å². The van der Waals surface area contributed by atoms with Gasteiger partial charge in [0.25, 0.3) is 35.1 Å². The SMILES string of the molecule is C=c1s/c(=C/c2ccc(-c3ccc(C4=C5C(=O)N(CC(CC)CCCC)C(c6ccc(-c7ccc8c9ccc(-c%10ccc(C%11=C%12C(=O)N(CC(CC)CCCC)C(c%13ccc(-c%14ccc(/C=C%15/SC(=S)N(CC)C%15=O)s%14)s%13)=C%12C(=O)N%11CC(CC)CCCC)s%10)cc9n(C(CCCCCCCC)CCCCCCCC)c8c7)s6)=C5C(=O)N4CC(CC)CCCC)s3)s2)c(=O)n1CC. The number of amides is 5. The molecule has 10 aromatic rings. The van der Waals surface area contributed by atoms with Gasteiger partial charge in [0.2, 0.25) is 0 Å². The molecule has 0 radical (unpaired) electrons. The molecule has 13 heterocycles. The molecule has 4 unspecified atom stereocenters. The number of likely N-dealkylation sites (N-methyl/N-ethyl adjacent to an activating group) is 1. The highest BCUT2D eigenvalue weighted by Gasteiger charge is 2.52. The largest absolute Gasteiger partial charge is 0.337 e. The fourth-order valence-corrected chi connectivity index (χ4v) is 29.0. The summed E-state index contributed by atoms with van der Waals surface area (Å²) in [6, 6.07) is 40.3. The van der Waals surface area contributed by atoms with E-state index in [2.05, 4.69) is 190 Å². The molecule has 1 fully saturated rings. The van der Waals surface area contributed by atoms with Crippen molar-refractivity contribution in [3.63, 3.8) is 0 Å². The van der Waals surface area contributed by atoms with Gasteiger partial charge in [-0.15, -0.1) is 79.4 Å². The van der Waals surface area contributed by atoms with Crippen molar-refractivity contribution in [2.45, 2.75) is 288 Å². The molecular weight excluding hydrogens is 1800 g/mol. The van der Waals surface area contributed by atoms with E-state index in [1.807, 2.05) is 45.6 Å². The van der Waals surface area contributed by atoms with Crippen LogP contribution in [0.5, 0.6) is 0 Å². The maximum Gasteiger partial charge on any atom is 0.269 e. The van der Waals surface area contributed by atoms with Crippen molar-refractivity contribution >= 4 is 201 Å². The summed E-state index contributed by atoms with van der Waals surface area (Å²) < 4.78 is 6.45. The number of thiocarbonyl (C=S) groups is 1. The smallest absolute Gasteiger partial charge is 0.269 e. The summed E-state index contributed by atoms with van der Waals surface area (Å²) in [5, 5.41) is 2.42. The normalized spacial score (nSPS) is 16.4. The van der Waals surface area contributed by atoms with E-state index >= 15 is 19.2 Å². The van der Waals surface area contributed by atoms with E-state index in [0.29, 0.717) is 75.3 Å². The molecule has 700 valence electrons. The maximum absolute atomic E-state index is 16.2. The predicted molar refractivity (Wildman–Crippen MR) is 572 cm³/mol. The Morgan fingerprint density at radius 1 is 0.333 bits per heavy atom. The van der Waals surface area contributed by atoms with Crippen molar-refractivity contribution in [1.82, 2.24) is 33.6 Å². The average molecular weight is 1940 g/mol. The molecule has 13 nitrogen and oxygen atoms in total. The van der Waals surface area contributed by atoms with Crippen LogP contribution in [0.2, 0.25) is 0 Å². The highest BCUT2D eigenvalue weighted by atomic mass is 32.2. The van der Waals surface area contributed by atoms with E-state index in [0.717, 1.165) is 226 Å². The van der Waals surface area contributed by atoms with Crippen LogP contribution < -0.4 is 14.8 Å². The van der Waals surface area contributed by atoms with Crippen molar-refractivity contribution < 1.29 is 24.0 Å². The Hall–Kier alpha value is -7.90. The number of thioether (sulfide) groups is 1. The van der Waals surface area contributed by atoms with Gasteiger partial charge in [0.05, 0.1) is 89.7 Å². The Morgan fingerprint density at radius 3 is 1.02 bits per heavy atom. The van der Waals surface area contributed by atoms with Crippen LogP contribution in [0.1, 0.15) is 311 Å². The number of unbranched alkanes of at least 4 members (excludes halogenated alkanes) is 14. The van der Waals surface area contributed by atoms with Gasteiger partial charge in [-0.25, -0.2) is 0 Å². The summed E-state index contributed by atoms with van der Waals surface area (Å²) in [6.45, 7) is 33.8. The number of rotatable bonds is 51. The van der Waals surface area contributed by atoms with Crippen molar-refractivity contribution in [2.24, 2.45) is 23.7 Å². The lowest BCUT2D eigenvalue weighted by Crippen LogP contribution is -2.34. The third kappa shape index (κ3) is 21.0. The molecule has 8 aromatic heterocycles. The van der Waals surface area contributed by atoms with E-state index in [9.17, 15) is 9.59 Å². The fourth-order valence-electron chi connectivity index (χ4n) is 20.2. The average Bonchev–Trinajstić information content (AvgIpc) is 1.55. The summed E-state index contributed by atoms with van der Waals surface area (Å²) in [5.74, 6) is 0.528. The number of benzene rings is 2. The van der Waals surface area contributed by atoms with Crippen molar-refractivity contribution in [1.29, 1.82) is 0 Å². The molecule has 0 bridgehead atoms. The van der Waals surface area contributed by atoms with Crippen LogP contribution in [-0.2, 0) is 30.5 Å². The molecule has 0 N–H and O–H groups in total. The van der Waals surface area contributed by atoms with Gasteiger partial charge >= 0.3 is 0 Å². The van der Waals surface area contributed by atoms with E-state index < -0.39 is 0 Å². The Bertz CT molecular complexity index is 6150. The third-order valence-corrected chi connectivity index (χ3v) is 37.2. The van der Waals surface area contributed by atoms with Gasteiger partial charge in [0.15, 0.2) is 0 Å². The molecule has 5 amide bonds. The summed E-state index contributed by atoms with van der Waals surface area (Å²) in [4.78, 5) is 114. The van der Waals surface area contributed by atoms with Crippen LogP contribution in [-0.4, -0.2) is 100 Å². The lowest BCUT2D eigenvalue weighted by atomic mass is 9.98. The van der Waals surface area contributed by atoms with Crippen molar-refractivity contribution in [2.75, 3.05) is 32.7 Å². The van der Waals surface area contributed by atoms with E-state index in [1.165, 1.54) is 109 Å². The number of carbonyl (C=O) groups excluding carboxylic acids is 5. The number of fused-ring (bicyclic) bond motifs is 5. The zero-order valence-corrected chi connectivity index (χ0v) is 87.2. The van der Waals surface area contributed by atoms with E-state index in [-0.39, 0.29) is 64.8 Å². The minimum Gasteiger partial charge on any atom is -0.337 e. The zero-order valence-electron chi connectivity index (χ0n) is 79.9. The number of hydrogen-bond donors (Lipinski definition) is 0. The van der Waals surface area contributed by atoms with Crippen LogP contribution in [0.4, 0.5) is 0 Å². The predicted octanol–water partition coefficient (Wildman–Crippen LogP) is 30.1. The summed E-state index contributed by atoms with van der Waals surface area (Å²) in [5.41, 5.74) is 9.64. The van der Waals surface area contributed by atoms with E-state index in [4.69, 9.17) is 12.2 Å². The van der Waals surface area contributed by atoms with Gasteiger partial charge < -0.3 is 24.2 Å². The topological polar surface area (TPSA) is 128 Å². The Labute approximate surface area is 821 Å². The molecule has 2 aromatic carbocycles. The van der Waals surface area contributed by atoms with Gasteiger partial charge in [-0.3, -0.25) is 38.2 Å². The molecule has 5 aliphatic rings. The third-order valence-electron chi connectivity index (χ3n) is 28.0. The second-order valence-electron chi connectivity index (χ2n) is 36.9. The highest BCUT2D eigenvalue weighted by molar-refractivity contribution is 8.26. The monoisotopic (exact) mass is 1940 g/mol. The number of thiazole rings is 1. The first-order valence-corrected chi connectivity index (χ1v) is 56.8. The fraction of sp³-hybridized carbons (Fsp3) is 0.482. The minimum absolute atomic E-state index is 0.0190. The van der Waals surface area contributed by atoms with Gasteiger partial charge in [0, 0.05) is 95.1 Å². The number of thiophene rings is 6. The van der Waals surface area contributed by atoms with Crippen LogP contribution in [0, 0.1) is 23.7 Å². The summed E-state index contributed by atoms with van der Waals surface area (Å²) in [6.07, 6.45) is 36.7. The Balaban J connectivity index is 0.847. The van der Waals surface area contributed by atoms with Crippen LogP contribution >= 0.6 is 103 Å². The first-order chi connectivity index (χ1) is 64.3. The van der Waals surface area contributed by atoms with Gasteiger partial charge in [-0.1, -0.05) is 278 Å². The zero-order chi connectivity index (χ0) is 93.0. The molecule has 0 spiro atoms. The van der Waals surface area contributed by atoms with Crippen molar-refractivity contribution in [3.05, 3.63) is 185 Å². The lowest BCUT2D eigenvalue weighted by Gasteiger charge is -2.29. The number of carbonyl (C=O) groups is 5. The molecule has 1 saturated heterocycles. The van der Waals surface area contributed by atoms with Crippen LogP contribution in [0.15, 0.2) is 141 Å². The first kappa shape index (κ1) is 98.6. The van der Waals surface area contributed by atoms with E-state index in [1.54, 1.807) is 77.5 Å². The van der Waals surface area contributed by atoms with Crippen molar-refractivity contribution in [3.8, 4) is 40.4 Å². The minimum atomic E-state index is -0.0919.